The second kappa shape index (κ2) is 4.63. The van der Waals surface area contributed by atoms with Crippen LogP contribution in [0.3, 0.4) is 0 Å². The van der Waals surface area contributed by atoms with Gasteiger partial charge in [-0.15, -0.1) is 0 Å². The van der Waals surface area contributed by atoms with Gasteiger partial charge in [0.05, 0.1) is 18.8 Å². The zero-order valence-electron chi connectivity index (χ0n) is 10.2. The van der Waals surface area contributed by atoms with Gasteiger partial charge in [-0.3, -0.25) is 4.79 Å². The molecule has 2 heterocycles. The first-order valence-corrected chi connectivity index (χ1v) is 6.42. The lowest BCUT2D eigenvalue weighted by atomic mass is 10.1. The topological polar surface area (TPSA) is 57.2 Å². The number of ether oxygens (including phenoxy) is 1. The van der Waals surface area contributed by atoms with E-state index in [1.165, 1.54) is 0 Å². The number of nitrogens with zero attached hydrogens (tertiary/aromatic N) is 1. The number of rotatable bonds is 2. The highest BCUT2D eigenvalue weighted by Crippen LogP contribution is 2.33. The van der Waals surface area contributed by atoms with E-state index in [1.54, 1.807) is 22.9 Å². The average Bonchev–Trinajstić information content (AvgIpc) is 2.83. The summed E-state index contributed by atoms with van der Waals surface area (Å²) in [5.41, 5.74) is 7.67. The van der Waals surface area contributed by atoms with E-state index in [4.69, 9.17) is 22.1 Å². The molecule has 0 radical (unpaired) electrons. The number of anilines is 1. The quantitative estimate of drug-likeness (QED) is 0.913. The molecule has 3 rings (SSSR count). The molecule has 0 spiro atoms. The third-order valence-electron chi connectivity index (χ3n) is 3.22. The fraction of sp³-hybridized carbons (Fsp3) is 0.214. The molecule has 0 atom stereocenters. The van der Waals surface area contributed by atoms with Gasteiger partial charge in [0, 0.05) is 23.2 Å². The molecule has 1 aliphatic rings. The lowest BCUT2D eigenvalue weighted by Crippen LogP contribution is -2.22. The maximum absolute atomic E-state index is 11.9. The Labute approximate surface area is 115 Å². The highest BCUT2D eigenvalue weighted by atomic mass is 35.5. The summed E-state index contributed by atoms with van der Waals surface area (Å²) in [6.07, 6.45) is 2.57. The molecular formula is C14H13ClN2O2. The second-order valence-electron chi connectivity index (χ2n) is 4.55. The molecule has 19 heavy (non-hydrogen) atoms. The molecule has 0 fully saturated rings. The first-order valence-electron chi connectivity index (χ1n) is 6.04. The van der Waals surface area contributed by atoms with Crippen LogP contribution < -0.4 is 16.0 Å². The molecule has 0 aliphatic carbocycles. The summed E-state index contributed by atoms with van der Waals surface area (Å²) in [5.74, 6) is 0.846. The Hall–Kier alpha value is -1.94. The Morgan fingerprint density at radius 2 is 2.26 bits per heavy atom. The van der Waals surface area contributed by atoms with Gasteiger partial charge < -0.3 is 15.0 Å². The van der Waals surface area contributed by atoms with Gasteiger partial charge in [-0.25, -0.2) is 0 Å². The van der Waals surface area contributed by atoms with Crippen LogP contribution in [-0.4, -0.2) is 11.2 Å². The summed E-state index contributed by atoms with van der Waals surface area (Å²) in [5, 5.41) is 0.663. The standard InChI is InChI=1S/C14H13ClN2O2/c15-11-6-9-3-5-19-13(9)10(7-11)8-17-4-1-2-12(16)14(17)18/h1-2,4,6-7H,3,5,8,16H2. The van der Waals surface area contributed by atoms with E-state index in [2.05, 4.69) is 0 Å². The van der Waals surface area contributed by atoms with Crippen LogP contribution in [0.5, 0.6) is 5.75 Å². The van der Waals surface area contributed by atoms with Gasteiger partial charge in [0.25, 0.3) is 5.56 Å². The molecule has 5 heteroatoms. The maximum Gasteiger partial charge on any atom is 0.273 e. The third-order valence-corrected chi connectivity index (χ3v) is 3.43. The van der Waals surface area contributed by atoms with Crippen molar-refractivity contribution in [3.05, 3.63) is 57.0 Å². The predicted molar refractivity (Wildman–Crippen MR) is 74.9 cm³/mol. The largest absolute Gasteiger partial charge is 0.493 e. The number of hydrogen-bond donors (Lipinski definition) is 1. The smallest absolute Gasteiger partial charge is 0.273 e. The molecule has 1 aromatic heterocycles. The van der Waals surface area contributed by atoms with Crippen molar-refractivity contribution >= 4 is 17.3 Å². The van der Waals surface area contributed by atoms with Crippen LogP contribution in [-0.2, 0) is 13.0 Å². The van der Waals surface area contributed by atoms with Gasteiger partial charge >= 0.3 is 0 Å². The summed E-state index contributed by atoms with van der Waals surface area (Å²) < 4.78 is 7.18. The molecule has 0 amide bonds. The Kier molecular flexibility index (Phi) is 2.95. The molecule has 2 N–H and O–H groups in total. The molecule has 0 saturated heterocycles. The van der Waals surface area contributed by atoms with Gasteiger partial charge in [-0.05, 0) is 29.8 Å². The molecule has 0 saturated carbocycles. The highest BCUT2D eigenvalue weighted by Gasteiger charge is 2.18. The van der Waals surface area contributed by atoms with Crippen molar-refractivity contribution < 1.29 is 4.74 Å². The number of aromatic nitrogens is 1. The third kappa shape index (κ3) is 2.19. The van der Waals surface area contributed by atoms with Gasteiger partial charge in [-0.1, -0.05) is 11.6 Å². The van der Waals surface area contributed by atoms with E-state index in [-0.39, 0.29) is 11.2 Å². The number of nitrogens with two attached hydrogens (primary N) is 1. The maximum atomic E-state index is 11.9. The van der Waals surface area contributed by atoms with Gasteiger partial charge in [-0.2, -0.15) is 0 Å². The Bertz CT molecular complexity index is 694. The van der Waals surface area contributed by atoms with Gasteiger partial charge in [0.1, 0.15) is 5.75 Å². The van der Waals surface area contributed by atoms with E-state index in [9.17, 15) is 4.79 Å². The van der Waals surface area contributed by atoms with E-state index < -0.39 is 0 Å². The fourth-order valence-electron chi connectivity index (χ4n) is 2.33. The minimum Gasteiger partial charge on any atom is -0.493 e. The van der Waals surface area contributed by atoms with E-state index in [0.717, 1.165) is 23.3 Å². The molecule has 2 aromatic rings. The second-order valence-corrected chi connectivity index (χ2v) is 4.98. The Morgan fingerprint density at radius 1 is 1.42 bits per heavy atom. The number of nitrogen functional groups attached to an aromatic ring is 1. The van der Waals surface area contributed by atoms with Crippen LogP contribution >= 0.6 is 11.6 Å². The summed E-state index contributed by atoms with van der Waals surface area (Å²) in [4.78, 5) is 11.9. The molecule has 1 aliphatic heterocycles. The number of fused-ring (bicyclic) bond motifs is 1. The van der Waals surface area contributed by atoms with Gasteiger partial charge in [0.15, 0.2) is 0 Å². The minimum atomic E-state index is -0.200. The van der Waals surface area contributed by atoms with Crippen molar-refractivity contribution in [2.75, 3.05) is 12.3 Å². The summed E-state index contributed by atoms with van der Waals surface area (Å²) in [6, 6.07) is 7.09. The van der Waals surface area contributed by atoms with Crippen molar-refractivity contribution in [3.8, 4) is 5.75 Å². The average molecular weight is 277 g/mol. The van der Waals surface area contributed by atoms with Crippen LogP contribution in [0.15, 0.2) is 35.3 Å². The normalized spacial score (nSPS) is 13.1. The first-order chi connectivity index (χ1) is 9.15. The number of pyridine rings is 1. The monoisotopic (exact) mass is 276 g/mol. The van der Waals surface area contributed by atoms with Crippen LogP contribution in [0.1, 0.15) is 11.1 Å². The molecule has 0 bridgehead atoms. The number of halogens is 1. The van der Waals surface area contributed by atoms with E-state index in [1.807, 2.05) is 12.1 Å². The fourth-order valence-corrected chi connectivity index (χ4v) is 2.59. The molecule has 0 unspecified atom stereocenters. The summed E-state index contributed by atoms with van der Waals surface area (Å²) in [6.45, 7) is 1.07. The zero-order chi connectivity index (χ0) is 13.4. The Balaban J connectivity index is 2.05. The van der Waals surface area contributed by atoms with Crippen molar-refractivity contribution in [2.45, 2.75) is 13.0 Å². The molecule has 1 aromatic carbocycles. The molecule has 98 valence electrons. The number of benzene rings is 1. The summed E-state index contributed by atoms with van der Waals surface area (Å²) in [7, 11) is 0. The van der Waals surface area contributed by atoms with E-state index in [0.29, 0.717) is 18.2 Å². The van der Waals surface area contributed by atoms with Gasteiger partial charge in [0.2, 0.25) is 0 Å². The van der Waals surface area contributed by atoms with Crippen LogP contribution in [0.2, 0.25) is 5.02 Å². The zero-order valence-corrected chi connectivity index (χ0v) is 11.0. The van der Waals surface area contributed by atoms with Crippen molar-refractivity contribution in [2.24, 2.45) is 0 Å². The lowest BCUT2D eigenvalue weighted by molar-refractivity contribution is 0.352. The predicted octanol–water partition coefficient (Wildman–Crippen LogP) is 2.07. The van der Waals surface area contributed by atoms with Crippen molar-refractivity contribution in [3.63, 3.8) is 0 Å². The highest BCUT2D eigenvalue weighted by molar-refractivity contribution is 6.30. The van der Waals surface area contributed by atoms with E-state index >= 15 is 0 Å². The van der Waals surface area contributed by atoms with Crippen LogP contribution in [0.4, 0.5) is 5.69 Å². The minimum absolute atomic E-state index is 0.200. The SMILES string of the molecule is Nc1cccn(Cc2cc(Cl)cc3c2OCC3)c1=O. The Morgan fingerprint density at radius 3 is 3.11 bits per heavy atom. The molecular weight excluding hydrogens is 264 g/mol. The van der Waals surface area contributed by atoms with Crippen molar-refractivity contribution in [1.82, 2.24) is 4.57 Å². The van der Waals surface area contributed by atoms with Crippen molar-refractivity contribution in [1.29, 1.82) is 0 Å². The number of hydrogen-bond acceptors (Lipinski definition) is 3. The van der Waals surface area contributed by atoms with Crippen LogP contribution in [0, 0.1) is 0 Å². The first kappa shape index (κ1) is 12.1. The van der Waals surface area contributed by atoms with Crippen LogP contribution in [0.25, 0.3) is 0 Å². The summed E-state index contributed by atoms with van der Waals surface area (Å²) >= 11 is 6.10. The lowest BCUT2D eigenvalue weighted by Gasteiger charge is -2.11. The molecule has 4 nitrogen and oxygen atoms in total.